The Morgan fingerprint density at radius 3 is 2.29 bits per heavy atom. The monoisotopic (exact) mass is 378 g/mol. The second-order valence-electron chi connectivity index (χ2n) is 7.13. The molecule has 0 bridgehead atoms. The molecule has 2 aromatic carbocycles. The number of carbonyl (C=O) groups is 2. The van der Waals surface area contributed by atoms with Crippen molar-refractivity contribution in [2.75, 3.05) is 20.2 Å². The largest absolute Gasteiger partial charge is 0.497 e. The molecule has 1 heterocycles. The summed E-state index contributed by atoms with van der Waals surface area (Å²) in [6.07, 6.45) is 3.68. The molecule has 1 N–H and O–H groups in total. The van der Waals surface area contributed by atoms with Crippen LogP contribution in [0.4, 0.5) is 0 Å². The summed E-state index contributed by atoms with van der Waals surface area (Å²) in [6.45, 7) is 3.62. The molecule has 28 heavy (non-hydrogen) atoms. The van der Waals surface area contributed by atoms with Gasteiger partial charge in [0.15, 0.2) is 0 Å². The number of methoxy groups -OCH3 is 1. The summed E-state index contributed by atoms with van der Waals surface area (Å²) in [5, 5.41) is 2.82. The highest BCUT2D eigenvalue weighted by atomic mass is 16.5. The summed E-state index contributed by atoms with van der Waals surface area (Å²) in [6, 6.07) is 16.3. The smallest absolute Gasteiger partial charge is 0.270 e. The van der Waals surface area contributed by atoms with Crippen molar-refractivity contribution in [3.05, 3.63) is 71.4 Å². The number of carbonyl (C=O) groups excluding carboxylic acids is 2. The van der Waals surface area contributed by atoms with Gasteiger partial charge in [0.05, 0.1) is 7.11 Å². The van der Waals surface area contributed by atoms with Crippen LogP contribution in [-0.2, 0) is 4.79 Å². The molecule has 1 fully saturated rings. The molecule has 146 valence electrons. The van der Waals surface area contributed by atoms with Crippen LogP contribution in [0.15, 0.2) is 60.3 Å². The van der Waals surface area contributed by atoms with Crippen LogP contribution >= 0.6 is 0 Å². The lowest BCUT2D eigenvalue weighted by Crippen LogP contribution is -2.42. The number of nitrogens with one attached hydrogen (secondary N) is 1. The van der Waals surface area contributed by atoms with Gasteiger partial charge < -0.3 is 15.0 Å². The molecule has 0 saturated carbocycles. The van der Waals surface area contributed by atoms with Gasteiger partial charge in [-0.15, -0.1) is 0 Å². The summed E-state index contributed by atoms with van der Waals surface area (Å²) < 4.78 is 5.18. The third kappa shape index (κ3) is 5.00. The number of piperidine rings is 1. The maximum absolute atomic E-state index is 13.1. The first kappa shape index (κ1) is 19.7. The van der Waals surface area contributed by atoms with Gasteiger partial charge in [0.25, 0.3) is 11.8 Å². The molecule has 5 nitrogen and oxygen atoms in total. The highest BCUT2D eigenvalue weighted by Crippen LogP contribution is 2.19. The van der Waals surface area contributed by atoms with Gasteiger partial charge in [-0.05, 0) is 54.7 Å². The SMILES string of the molecule is COc1ccc(C=C(NC(=O)c2ccccc2)C(=O)N2CCC(C)CC2)cc1. The van der Waals surface area contributed by atoms with E-state index in [1.165, 1.54) is 0 Å². The Bertz CT molecular complexity index is 836. The van der Waals surface area contributed by atoms with Gasteiger partial charge in [-0.3, -0.25) is 9.59 Å². The normalized spacial score (nSPS) is 15.2. The quantitative estimate of drug-likeness (QED) is 0.807. The lowest BCUT2D eigenvalue weighted by atomic mass is 9.99. The van der Waals surface area contributed by atoms with Crippen LogP contribution in [0.25, 0.3) is 6.08 Å². The number of amides is 2. The fraction of sp³-hybridized carbons (Fsp3) is 0.304. The Morgan fingerprint density at radius 2 is 1.68 bits per heavy atom. The lowest BCUT2D eigenvalue weighted by Gasteiger charge is -2.31. The van der Waals surface area contributed by atoms with E-state index >= 15 is 0 Å². The maximum Gasteiger partial charge on any atom is 0.270 e. The van der Waals surface area contributed by atoms with Crippen LogP contribution in [-0.4, -0.2) is 36.9 Å². The van der Waals surface area contributed by atoms with Crippen LogP contribution in [0.1, 0.15) is 35.7 Å². The van der Waals surface area contributed by atoms with E-state index in [9.17, 15) is 9.59 Å². The molecule has 0 radical (unpaired) electrons. The molecule has 0 atom stereocenters. The van der Waals surface area contributed by atoms with Crippen LogP contribution in [0, 0.1) is 5.92 Å². The van der Waals surface area contributed by atoms with Crippen LogP contribution in [0.3, 0.4) is 0 Å². The van der Waals surface area contributed by atoms with E-state index in [1.807, 2.05) is 35.2 Å². The Labute approximate surface area is 166 Å². The number of rotatable bonds is 5. The van der Waals surface area contributed by atoms with Gasteiger partial charge in [0, 0.05) is 18.7 Å². The molecule has 5 heteroatoms. The maximum atomic E-state index is 13.1. The van der Waals surface area contributed by atoms with E-state index in [-0.39, 0.29) is 17.5 Å². The van der Waals surface area contributed by atoms with Gasteiger partial charge >= 0.3 is 0 Å². The Balaban J connectivity index is 1.85. The van der Waals surface area contributed by atoms with Gasteiger partial charge in [0.2, 0.25) is 0 Å². The van der Waals surface area contributed by atoms with Crippen LogP contribution < -0.4 is 10.1 Å². The van der Waals surface area contributed by atoms with Gasteiger partial charge in [-0.1, -0.05) is 37.3 Å². The van der Waals surface area contributed by atoms with Gasteiger partial charge in [-0.2, -0.15) is 0 Å². The highest BCUT2D eigenvalue weighted by Gasteiger charge is 2.24. The van der Waals surface area contributed by atoms with E-state index in [0.29, 0.717) is 24.6 Å². The van der Waals surface area contributed by atoms with Crippen molar-refractivity contribution in [1.82, 2.24) is 10.2 Å². The van der Waals surface area contributed by atoms with E-state index < -0.39 is 0 Å². The molecule has 0 aromatic heterocycles. The highest BCUT2D eigenvalue weighted by molar-refractivity contribution is 6.05. The summed E-state index contributed by atoms with van der Waals surface area (Å²) >= 11 is 0. The van der Waals surface area contributed by atoms with Gasteiger partial charge in [0.1, 0.15) is 11.4 Å². The van der Waals surface area contributed by atoms with E-state index in [4.69, 9.17) is 4.74 Å². The molecule has 2 aromatic rings. The second kappa shape index (κ2) is 9.22. The molecular weight excluding hydrogens is 352 g/mol. The number of ether oxygens (including phenoxy) is 1. The molecule has 2 amide bonds. The summed E-state index contributed by atoms with van der Waals surface area (Å²) in [7, 11) is 1.61. The molecule has 1 aliphatic heterocycles. The number of hydrogen-bond acceptors (Lipinski definition) is 3. The Hall–Kier alpha value is -3.08. The first-order chi connectivity index (χ1) is 13.6. The first-order valence-corrected chi connectivity index (χ1v) is 9.58. The van der Waals surface area contributed by atoms with Crippen LogP contribution in [0.5, 0.6) is 5.75 Å². The number of likely N-dealkylation sites (tertiary alicyclic amines) is 1. The lowest BCUT2D eigenvalue weighted by molar-refractivity contribution is -0.128. The zero-order valence-corrected chi connectivity index (χ0v) is 16.4. The fourth-order valence-corrected chi connectivity index (χ4v) is 3.18. The number of nitrogens with zero attached hydrogens (tertiary/aromatic N) is 1. The summed E-state index contributed by atoms with van der Waals surface area (Å²) in [5.74, 6) is 0.923. The van der Waals surface area contributed by atoms with E-state index in [1.54, 1.807) is 37.5 Å². The van der Waals surface area contributed by atoms with Crippen molar-refractivity contribution < 1.29 is 14.3 Å². The Kier molecular flexibility index (Phi) is 6.48. The predicted molar refractivity (Wildman–Crippen MR) is 110 cm³/mol. The van der Waals surface area contributed by atoms with E-state index in [2.05, 4.69) is 12.2 Å². The molecule has 0 spiro atoms. The first-order valence-electron chi connectivity index (χ1n) is 9.58. The number of benzene rings is 2. The topological polar surface area (TPSA) is 58.6 Å². The zero-order valence-electron chi connectivity index (χ0n) is 16.4. The third-order valence-corrected chi connectivity index (χ3v) is 5.01. The van der Waals surface area contributed by atoms with Crippen molar-refractivity contribution in [3.8, 4) is 5.75 Å². The van der Waals surface area contributed by atoms with Crippen molar-refractivity contribution in [1.29, 1.82) is 0 Å². The standard InChI is InChI=1S/C23H26N2O3/c1-17-12-14-25(15-13-17)23(27)21(16-18-8-10-20(28-2)11-9-18)24-22(26)19-6-4-3-5-7-19/h3-11,16-17H,12-15H2,1-2H3,(H,24,26). The van der Waals surface area contributed by atoms with Crippen molar-refractivity contribution in [2.24, 2.45) is 5.92 Å². The molecular formula is C23H26N2O3. The minimum Gasteiger partial charge on any atom is -0.497 e. The van der Waals surface area contributed by atoms with Gasteiger partial charge in [-0.25, -0.2) is 0 Å². The van der Waals surface area contributed by atoms with E-state index in [0.717, 1.165) is 24.2 Å². The van der Waals surface area contributed by atoms with Crippen LogP contribution in [0.2, 0.25) is 0 Å². The molecule has 0 unspecified atom stereocenters. The third-order valence-electron chi connectivity index (χ3n) is 5.01. The average Bonchev–Trinajstić information content (AvgIpc) is 2.74. The molecule has 3 rings (SSSR count). The number of hydrogen-bond donors (Lipinski definition) is 1. The minimum absolute atomic E-state index is 0.146. The molecule has 0 aliphatic carbocycles. The van der Waals surface area contributed by atoms with Crippen molar-refractivity contribution in [2.45, 2.75) is 19.8 Å². The fourth-order valence-electron chi connectivity index (χ4n) is 3.18. The second-order valence-corrected chi connectivity index (χ2v) is 7.13. The summed E-state index contributed by atoms with van der Waals surface area (Å²) in [4.78, 5) is 27.6. The Morgan fingerprint density at radius 1 is 1.04 bits per heavy atom. The zero-order chi connectivity index (χ0) is 19.9. The predicted octanol–water partition coefficient (Wildman–Crippen LogP) is 3.72. The van der Waals surface area contributed by atoms with Crippen molar-refractivity contribution in [3.63, 3.8) is 0 Å². The molecule has 1 aliphatic rings. The molecule has 1 saturated heterocycles. The average molecular weight is 378 g/mol. The van der Waals surface area contributed by atoms with Crippen molar-refractivity contribution >= 4 is 17.9 Å². The minimum atomic E-state index is -0.293. The summed E-state index contributed by atoms with van der Waals surface area (Å²) in [5.41, 5.74) is 1.62.